The molecule has 0 atom stereocenters. The van der Waals surface area contributed by atoms with Crippen LogP contribution in [0.4, 0.5) is 14.9 Å². The maximum absolute atomic E-state index is 14.8. The fourth-order valence-corrected chi connectivity index (χ4v) is 5.18. The Labute approximate surface area is 211 Å². The molecule has 2 aromatic heterocycles. The van der Waals surface area contributed by atoms with E-state index in [0.29, 0.717) is 37.6 Å². The monoisotopic (exact) mass is 508 g/mol. The minimum atomic E-state index is -0.565. The van der Waals surface area contributed by atoms with Gasteiger partial charge in [0.15, 0.2) is 17.9 Å². The number of halogens is 1. The number of hydrogen-bond donors (Lipinski definition) is 2. The molecule has 10 heteroatoms. The zero-order chi connectivity index (χ0) is 24.5. The Morgan fingerprint density at radius 3 is 2.75 bits per heavy atom. The van der Waals surface area contributed by atoms with Crippen molar-refractivity contribution in [2.75, 3.05) is 25.1 Å². The van der Waals surface area contributed by atoms with E-state index < -0.39 is 5.82 Å². The number of carbonyl (C=O) groups excluding carboxylic acids is 1. The summed E-state index contributed by atoms with van der Waals surface area (Å²) in [5.41, 5.74) is 3.16. The fraction of sp³-hybridized carbons (Fsp3) is 0.346. The van der Waals surface area contributed by atoms with Crippen molar-refractivity contribution in [2.24, 2.45) is 4.99 Å². The highest BCUT2D eigenvalue weighted by atomic mass is 32.1. The van der Waals surface area contributed by atoms with Crippen LogP contribution in [-0.2, 0) is 9.47 Å². The van der Waals surface area contributed by atoms with Gasteiger partial charge in [-0.15, -0.1) is 11.3 Å². The number of urea groups is 1. The van der Waals surface area contributed by atoms with Gasteiger partial charge in [-0.2, -0.15) is 0 Å². The number of nitrogens with zero attached hydrogens (tertiary/aromatic N) is 2. The van der Waals surface area contributed by atoms with Crippen molar-refractivity contribution in [3.05, 3.63) is 53.3 Å². The Morgan fingerprint density at radius 2 is 2.00 bits per heavy atom. The van der Waals surface area contributed by atoms with Gasteiger partial charge in [0.2, 0.25) is 0 Å². The topological polar surface area (TPSA) is 94.1 Å². The third kappa shape index (κ3) is 5.11. The first kappa shape index (κ1) is 23.1. The normalized spacial score (nSPS) is 18.5. The average molecular weight is 509 g/mol. The van der Waals surface area contributed by atoms with Gasteiger partial charge in [0.1, 0.15) is 5.75 Å². The Kier molecular flexibility index (Phi) is 6.39. The van der Waals surface area contributed by atoms with Gasteiger partial charge in [0.25, 0.3) is 0 Å². The second-order valence-corrected chi connectivity index (χ2v) is 9.97. The second-order valence-electron chi connectivity index (χ2n) is 8.92. The molecule has 0 unspecified atom stereocenters. The van der Waals surface area contributed by atoms with E-state index in [-0.39, 0.29) is 24.1 Å². The number of aromatic nitrogens is 1. The van der Waals surface area contributed by atoms with Gasteiger partial charge >= 0.3 is 6.03 Å². The Bertz CT molecular complexity index is 1360. The standard InChI is InChI=1S/C26H25FN4O4S/c27-18-12-17(31-26(32)30-16-3-4-16)5-7-21(18)35-22-8-9-28-20-13-23(36-24(20)22)15-2-6-19(29-14-15)25-33-10-1-11-34-25/h2,5,7-9,12-13,16,25H,1,3-4,6,10-11,14H2,(H2,30,31,32). The van der Waals surface area contributed by atoms with E-state index >= 15 is 0 Å². The van der Waals surface area contributed by atoms with Crippen LogP contribution < -0.4 is 15.4 Å². The lowest BCUT2D eigenvalue weighted by Crippen LogP contribution is -2.33. The molecular formula is C26H25FN4O4S. The molecule has 36 heavy (non-hydrogen) atoms. The molecule has 1 aromatic carbocycles. The zero-order valence-corrected chi connectivity index (χ0v) is 20.3. The fourth-order valence-electron chi connectivity index (χ4n) is 4.09. The van der Waals surface area contributed by atoms with Crippen LogP contribution in [0.25, 0.3) is 15.8 Å². The average Bonchev–Trinajstić information content (AvgIpc) is 3.60. The van der Waals surface area contributed by atoms with Crippen LogP contribution in [0.1, 0.15) is 30.6 Å². The quantitative estimate of drug-likeness (QED) is 0.458. The van der Waals surface area contributed by atoms with Crippen LogP contribution in [0, 0.1) is 5.82 Å². The van der Waals surface area contributed by atoms with Gasteiger partial charge in [-0.3, -0.25) is 9.98 Å². The van der Waals surface area contributed by atoms with Crippen LogP contribution in [-0.4, -0.2) is 48.8 Å². The highest BCUT2D eigenvalue weighted by Crippen LogP contribution is 2.39. The molecule has 0 radical (unpaired) electrons. The van der Waals surface area contributed by atoms with Crippen LogP contribution in [0.3, 0.4) is 0 Å². The van der Waals surface area contributed by atoms with Crippen molar-refractivity contribution in [1.82, 2.24) is 10.3 Å². The molecule has 0 bridgehead atoms. The Morgan fingerprint density at radius 1 is 1.14 bits per heavy atom. The number of benzene rings is 1. The van der Waals surface area contributed by atoms with Gasteiger partial charge in [-0.25, -0.2) is 9.18 Å². The summed E-state index contributed by atoms with van der Waals surface area (Å²) < 4.78 is 32.9. The maximum atomic E-state index is 14.8. The molecule has 6 rings (SSSR count). The number of thiophene rings is 1. The molecule has 2 aliphatic heterocycles. The number of carbonyl (C=O) groups is 1. The number of anilines is 1. The molecule has 1 saturated heterocycles. The predicted octanol–water partition coefficient (Wildman–Crippen LogP) is 5.50. The van der Waals surface area contributed by atoms with E-state index in [9.17, 15) is 9.18 Å². The molecule has 1 saturated carbocycles. The minimum Gasteiger partial charge on any atom is -0.453 e. The molecule has 2 fully saturated rings. The summed E-state index contributed by atoms with van der Waals surface area (Å²) in [6, 6.07) is 8.00. The van der Waals surface area contributed by atoms with E-state index in [1.54, 1.807) is 29.7 Å². The highest BCUT2D eigenvalue weighted by molar-refractivity contribution is 7.20. The van der Waals surface area contributed by atoms with Crippen molar-refractivity contribution < 1.29 is 23.4 Å². The van der Waals surface area contributed by atoms with E-state index in [1.165, 1.54) is 12.1 Å². The third-order valence-corrected chi connectivity index (χ3v) is 7.34. The summed E-state index contributed by atoms with van der Waals surface area (Å²) in [5.74, 6) is 0.0288. The SMILES string of the molecule is O=C(Nc1ccc(Oc2ccnc3cc(C4=CCC(C5OCCCO5)=NC4)sc23)c(F)c1)NC1CC1. The van der Waals surface area contributed by atoms with Crippen molar-refractivity contribution >= 4 is 44.6 Å². The lowest BCUT2D eigenvalue weighted by atomic mass is 10.1. The number of allylic oxidation sites excluding steroid dienone is 1. The number of rotatable bonds is 6. The minimum absolute atomic E-state index is 0.0733. The number of dihydropyridines is 1. The van der Waals surface area contributed by atoms with E-state index in [2.05, 4.69) is 21.7 Å². The first-order valence-corrected chi connectivity index (χ1v) is 12.8. The lowest BCUT2D eigenvalue weighted by Gasteiger charge is -2.25. The molecule has 186 valence electrons. The molecule has 3 aromatic rings. The summed E-state index contributed by atoms with van der Waals surface area (Å²) >= 11 is 1.54. The van der Waals surface area contributed by atoms with Crippen LogP contribution in [0.15, 0.2) is 47.6 Å². The molecule has 4 heterocycles. The van der Waals surface area contributed by atoms with Gasteiger partial charge in [-0.1, -0.05) is 6.08 Å². The van der Waals surface area contributed by atoms with Gasteiger partial charge < -0.3 is 24.8 Å². The van der Waals surface area contributed by atoms with Crippen LogP contribution >= 0.6 is 11.3 Å². The van der Waals surface area contributed by atoms with Crippen LogP contribution in [0.5, 0.6) is 11.5 Å². The van der Waals surface area contributed by atoms with E-state index in [0.717, 1.165) is 45.6 Å². The Balaban J connectivity index is 1.16. The number of amides is 2. The number of hydrogen-bond acceptors (Lipinski definition) is 7. The van der Waals surface area contributed by atoms with Crippen molar-refractivity contribution in [3.8, 4) is 11.5 Å². The Hall–Kier alpha value is -3.34. The summed E-state index contributed by atoms with van der Waals surface area (Å²) in [4.78, 5) is 22.1. The van der Waals surface area contributed by atoms with Crippen molar-refractivity contribution in [1.29, 1.82) is 0 Å². The molecular weight excluding hydrogens is 483 g/mol. The number of nitrogens with one attached hydrogen (secondary N) is 2. The maximum Gasteiger partial charge on any atom is 0.319 e. The number of pyridine rings is 1. The summed E-state index contributed by atoms with van der Waals surface area (Å²) in [5, 5.41) is 5.46. The predicted molar refractivity (Wildman–Crippen MR) is 136 cm³/mol. The van der Waals surface area contributed by atoms with Crippen LogP contribution in [0.2, 0.25) is 0 Å². The van der Waals surface area contributed by atoms with E-state index in [1.807, 2.05) is 6.07 Å². The molecule has 2 amide bonds. The molecule has 0 spiro atoms. The number of aliphatic imine (C=N–C) groups is 1. The summed E-state index contributed by atoms with van der Waals surface area (Å²) in [6.07, 6.45) is 7.00. The highest BCUT2D eigenvalue weighted by Gasteiger charge is 2.24. The largest absolute Gasteiger partial charge is 0.453 e. The molecule has 3 aliphatic rings. The van der Waals surface area contributed by atoms with Crippen molar-refractivity contribution in [3.63, 3.8) is 0 Å². The lowest BCUT2D eigenvalue weighted by molar-refractivity contribution is -0.138. The first-order chi connectivity index (χ1) is 17.6. The first-order valence-electron chi connectivity index (χ1n) is 12.0. The van der Waals surface area contributed by atoms with E-state index in [4.69, 9.17) is 19.2 Å². The van der Waals surface area contributed by atoms with Crippen molar-refractivity contribution in [2.45, 2.75) is 38.0 Å². The number of ether oxygens (including phenoxy) is 3. The third-order valence-electron chi connectivity index (χ3n) is 6.12. The summed E-state index contributed by atoms with van der Waals surface area (Å²) in [7, 11) is 0. The molecule has 2 N–H and O–H groups in total. The smallest absolute Gasteiger partial charge is 0.319 e. The zero-order valence-electron chi connectivity index (χ0n) is 19.5. The van der Waals surface area contributed by atoms with Gasteiger partial charge in [-0.05, 0) is 43.0 Å². The van der Waals surface area contributed by atoms with Gasteiger partial charge in [0, 0.05) is 41.4 Å². The number of fused-ring (bicyclic) bond motifs is 1. The molecule has 1 aliphatic carbocycles. The summed E-state index contributed by atoms with van der Waals surface area (Å²) in [6.45, 7) is 1.93. The van der Waals surface area contributed by atoms with Gasteiger partial charge in [0.05, 0.1) is 35.7 Å². The second kappa shape index (κ2) is 9.96. The molecule has 8 nitrogen and oxygen atoms in total.